The number of rotatable bonds is 6. The minimum absolute atomic E-state index is 0.0682. The lowest BCUT2D eigenvalue weighted by Gasteiger charge is -2.17. The average molecular weight is 260 g/mol. The SMILES string of the molecule is COc1ccc2cc(C(CN)NCCO)ccc2c1. The van der Waals surface area contributed by atoms with Crippen LogP contribution in [0.5, 0.6) is 5.75 Å². The number of methoxy groups -OCH3 is 1. The molecule has 1 unspecified atom stereocenters. The van der Waals surface area contributed by atoms with Crippen molar-refractivity contribution in [1.82, 2.24) is 5.32 Å². The van der Waals surface area contributed by atoms with Crippen molar-refractivity contribution < 1.29 is 9.84 Å². The molecule has 0 saturated heterocycles. The van der Waals surface area contributed by atoms with Crippen LogP contribution >= 0.6 is 0 Å². The topological polar surface area (TPSA) is 67.5 Å². The van der Waals surface area contributed by atoms with Gasteiger partial charge in [-0.25, -0.2) is 0 Å². The lowest BCUT2D eigenvalue weighted by molar-refractivity contribution is 0.285. The summed E-state index contributed by atoms with van der Waals surface area (Å²) in [6.07, 6.45) is 0. The van der Waals surface area contributed by atoms with E-state index in [0.717, 1.165) is 22.1 Å². The second-order valence-corrected chi connectivity index (χ2v) is 4.44. The van der Waals surface area contributed by atoms with Crippen molar-refractivity contribution >= 4 is 10.8 Å². The van der Waals surface area contributed by atoms with Gasteiger partial charge in [0.25, 0.3) is 0 Å². The van der Waals surface area contributed by atoms with Crippen LogP contribution in [0.1, 0.15) is 11.6 Å². The number of nitrogens with one attached hydrogen (secondary N) is 1. The first-order valence-electron chi connectivity index (χ1n) is 6.40. The van der Waals surface area contributed by atoms with Crippen molar-refractivity contribution in [3.05, 3.63) is 42.0 Å². The van der Waals surface area contributed by atoms with E-state index in [-0.39, 0.29) is 12.6 Å². The van der Waals surface area contributed by atoms with Gasteiger partial charge in [-0.3, -0.25) is 0 Å². The van der Waals surface area contributed by atoms with Crippen molar-refractivity contribution in [2.45, 2.75) is 6.04 Å². The maximum absolute atomic E-state index is 8.87. The Hall–Kier alpha value is -1.62. The molecule has 0 spiro atoms. The van der Waals surface area contributed by atoms with Crippen LogP contribution in [0.25, 0.3) is 10.8 Å². The molecule has 19 heavy (non-hydrogen) atoms. The summed E-state index contributed by atoms with van der Waals surface area (Å²) in [5.74, 6) is 0.856. The molecule has 102 valence electrons. The summed E-state index contributed by atoms with van der Waals surface area (Å²) in [7, 11) is 1.67. The minimum atomic E-state index is 0.0682. The maximum Gasteiger partial charge on any atom is 0.119 e. The standard InChI is InChI=1S/C15H20N2O2/c1-19-14-5-4-11-8-13(3-2-12(11)9-14)15(10-16)17-6-7-18/h2-5,8-9,15,17-18H,6-7,10,16H2,1H3. The Morgan fingerprint density at radius 3 is 2.63 bits per heavy atom. The van der Waals surface area contributed by atoms with E-state index >= 15 is 0 Å². The Morgan fingerprint density at radius 1 is 1.21 bits per heavy atom. The highest BCUT2D eigenvalue weighted by molar-refractivity contribution is 5.84. The summed E-state index contributed by atoms with van der Waals surface area (Å²) in [4.78, 5) is 0. The van der Waals surface area contributed by atoms with Crippen molar-refractivity contribution in [3.8, 4) is 5.75 Å². The summed E-state index contributed by atoms with van der Waals surface area (Å²) in [5.41, 5.74) is 6.90. The van der Waals surface area contributed by atoms with E-state index in [9.17, 15) is 0 Å². The van der Waals surface area contributed by atoms with Gasteiger partial charge in [0.05, 0.1) is 13.7 Å². The molecule has 0 fully saturated rings. The molecule has 0 aliphatic heterocycles. The van der Waals surface area contributed by atoms with Crippen LogP contribution in [0.3, 0.4) is 0 Å². The number of hydrogen-bond donors (Lipinski definition) is 3. The third-order valence-corrected chi connectivity index (χ3v) is 3.21. The number of hydrogen-bond acceptors (Lipinski definition) is 4. The third-order valence-electron chi connectivity index (χ3n) is 3.21. The highest BCUT2D eigenvalue weighted by atomic mass is 16.5. The number of nitrogens with two attached hydrogens (primary N) is 1. The molecule has 2 aromatic carbocycles. The average Bonchev–Trinajstić information content (AvgIpc) is 2.47. The molecular weight excluding hydrogens is 240 g/mol. The molecule has 0 bridgehead atoms. The first-order chi connectivity index (χ1) is 9.28. The van der Waals surface area contributed by atoms with Crippen LogP contribution in [0, 0.1) is 0 Å². The second-order valence-electron chi connectivity index (χ2n) is 4.44. The van der Waals surface area contributed by atoms with Gasteiger partial charge >= 0.3 is 0 Å². The van der Waals surface area contributed by atoms with Crippen LogP contribution in [0.15, 0.2) is 36.4 Å². The zero-order valence-electron chi connectivity index (χ0n) is 11.1. The van der Waals surface area contributed by atoms with Gasteiger partial charge in [0.2, 0.25) is 0 Å². The fourth-order valence-corrected chi connectivity index (χ4v) is 2.16. The zero-order valence-corrected chi connectivity index (χ0v) is 11.1. The van der Waals surface area contributed by atoms with E-state index in [1.807, 2.05) is 18.2 Å². The maximum atomic E-state index is 8.87. The molecule has 0 aliphatic rings. The number of benzene rings is 2. The molecule has 2 rings (SSSR count). The largest absolute Gasteiger partial charge is 0.497 e. The molecule has 1 atom stereocenters. The predicted octanol–water partition coefficient (Wildman–Crippen LogP) is 1.43. The zero-order chi connectivity index (χ0) is 13.7. The summed E-state index contributed by atoms with van der Waals surface area (Å²) in [6, 6.07) is 12.3. The molecule has 0 aliphatic carbocycles. The lowest BCUT2D eigenvalue weighted by Crippen LogP contribution is -2.30. The number of fused-ring (bicyclic) bond motifs is 1. The molecule has 4 heteroatoms. The summed E-state index contributed by atoms with van der Waals surface area (Å²) < 4.78 is 5.21. The molecule has 0 heterocycles. The van der Waals surface area contributed by atoms with E-state index in [1.54, 1.807) is 7.11 Å². The normalized spacial score (nSPS) is 12.6. The molecule has 0 amide bonds. The van der Waals surface area contributed by atoms with Gasteiger partial charge in [-0.15, -0.1) is 0 Å². The smallest absolute Gasteiger partial charge is 0.119 e. The lowest BCUT2D eigenvalue weighted by atomic mass is 10.0. The Kier molecular flexibility index (Phi) is 4.74. The Bertz CT molecular complexity index is 543. The summed E-state index contributed by atoms with van der Waals surface area (Å²) >= 11 is 0. The number of aliphatic hydroxyl groups excluding tert-OH is 1. The highest BCUT2D eigenvalue weighted by Crippen LogP contribution is 2.24. The third kappa shape index (κ3) is 3.23. The van der Waals surface area contributed by atoms with E-state index in [4.69, 9.17) is 15.6 Å². The molecule has 2 aromatic rings. The van der Waals surface area contributed by atoms with Crippen LogP contribution in [-0.4, -0.2) is 31.9 Å². The van der Waals surface area contributed by atoms with Crippen LogP contribution in [-0.2, 0) is 0 Å². The Labute approximate surface area is 113 Å². The van der Waals surface area contributed by atoms with Crippen LogP contribution in [0.2, 0.25) is 0 Å². The van der Waals surface area contributed by atoms with Gasteiger partial charge in [0, 0.05) is 19.1 Å². The van der Waals surface area contributed by atoms with E-state index in [0.29, 0.717) is 13.1 Å². The monoisotopic (exact) mass is 260 g/mol. The molecule has 0 aromatic heterocycles. The van der Waals surface area contributed by atoms with Gasteiger partial charge in [-0.05, 0) is 34.5 Å². The van der Waals surface area contributed by atoms with Gasteiger partial charge in [0.15, 0.2) is 0 Å². The molecule has 0 radical (unpaired) electrons. The first-order valence-corrected chi connectivity index (χ1v) is 6.40. The van der Waals surface area contributed by atoms with Crippen molar-refractivity contribution in [2.24, 2.45) is 5.73 Å². The molecule has 4 nitrogen and oxygen atoms in total. The Balaban J connectivity index is 2.29. The van der Waals surface area contributed by atoms with E-state index < -0.39 is 0 Å². The quantitative estimate of drug-likeness (QED) is 0.735. The van der Waals surface area contributed by atoms with E-state index in [1.165, 1.54) is 0 Å². The number of aliphatic hydroxyl groups is 1. The van der Waals surface area contributed by atoms with Crippen molar-refractivity contribution in [2.75, 3.05) is 26.8 Å². The van der Waals surface area contributed by atoms with Crippen molar-refractivity contribution in [3.63, 3.8) is 0 Å². The minimum Gasteiger partial charge on any atom is -0.497 e. The van der Waals surface area contributed by atoms with Gasteiger partial charge in [-0.1, -0.05) is 18.2 Å². The van der Waals surface area contributed by atoms with Crippen LogP contribution < -0.4 is 15.8 Å². The highest BCUT2D eigenvalue weighted by Gasteiger charge is 2.09. The van der Waals surface area contributed by atoms with Gasteiger partial charge in [0.1, 0.15) is 5.75 Å². The van der Waals surface area contributed by atoms with E-state index in [2.05, 4.69) is 23.5 Å². The summed E-state index contributed by atoms with van der Waals surface area (Å²) in [6.45, 7) is 1.16. The second kappa shape index (κ2) is 6.52. The molecular formula is C15H20N2O2. The van der Waals surface area contributed by atoms with Gasteiger partial charge in [-0.2, -0.15) is 0 Å². The van der Waals surface area contributed by atoms with Gasteiger partial charge < -0.3 is 20.9 Å². The molecule has 0 saturated carbocycles. The fraction of sp³-hybridized carbons (Fsp3) is 0.333. The predicted molar refractivity (Wildman–Crippen MR) is 77.4 cm³/mol. The fourth-order valence-electron chi connectivity index (χ4n) is 2.16. The van der Waals surface area contributed by atoms with Crippen LogP contribution in [0.4, 0.5) is 0 Å². The Morgan fingerprint density at radius 2 is 1.95 bits per heavy atom. The molecule has 4 N–H and O–H groups in total. The van der Waals surface area contributed by atoms with Crippen molar-refractivity contribution in [1.29, 1.82) is 0 Å². The number of ether oxygens (including phenoxy) is 1. The summed E-state index contributed by atoms with van der Waals surface area (Å²) in [5, 5.41) is 14.4. The first kappa shape index (κ1) is 13.8.